The van der Waals surface area contributed by atoms with E-state index < -0.39 is 5.60 Å². The number of epoxide rings is 1. The van der Waals surface area contributed by atoms with Crippen LogP contribution in [-0.4, -0.2) is 21.8 Å². The minimum Gasteiger partial charge on any atom is -0.389 e. The summed E-state index contributed by atoms with van der Waals surface area (Å²) in [6.45, 7) is 0. The number of pyridine rings is 1. The molecule has 1 saturated heterocycles. The van der Waals surface area contributed by atoms with Gasteiger partial charge in [0, 0.05) is 29.3 Å². The number of nitrogens with zero attached hydrogens (tertiary/aromatic N) is 1. The fraction of sp³-hybridized carbons (Fsp3) is 0.706. The van der Waals surface area contributed by atoms with Gasteiger partial charge in [0.2, 0.25) is 0 Å². The van der Waals surface area contributed by atoms with Crippen LogP contribution in [0, 0.1) is 11.8 Å². The van der Waals surface area contributed by atoms with Gasteiger partial charge in [-0.25, -0.2) is 0 Å². The van der Waals surface area contributed by atoms with Crippen molar-refractivity contribution in [3.05, 3.63) is 29.6 Å². The van der Waals surface area contributed by atoms with E-state index in [1.807, 2.05) is 12.3 Å². The molecule has 20 heavy (non-hydrogen) atoms. The minimum atomic E-state index is -0.490. The van der Waals surface area contributed by atoms with Crippen LogP contribution in [-0.2, 0) is 4.74 Å². The molecule has 6 atom stereocenters. The normalized spacial score (nSPS) is 48.5. The number of rotatable bonds is 0. The van der Waals surface area contributed by atoms with Crippen molar-refractivity contribution < 1.29 is 9.84 Å². The average molecular weight is 271 g/mol. The number of hydrogen-bond acceptors (Lipinski definition) is 3. The zero-order chi connectivity index (χ0) is 13.3. The molecule has 1 aromatic rings. The molecule has 106 valence electrons. The van der Waals surface area contributed by atoms with Gasteiger partial charge in [-0.05, 0) is 37.7 Å². The quantitative estimate of drug-likeness (QED) is 0.738. The first-order valence-corrected chi connectivity index (χ1v) is 8.12. The molecule has 3 heteroatoms. The van der Waals surface area contributed by atoms with E-state index >= 15 is 0 Å². The smallest absolute Gasteiger partial charge is 0.111 e. The second-order valence-electron chi connectivity index (χ2n) is 7.14. The molecule has 0 aromatic carbocycles. The number of hydrogen-bond donors (Lipinski definition) is 1. The van der Waals surface area contributed by atoms with Crippen molar-refractivity contribution in [3.8, 4) is 0 Å². The Morgan fingerprint density at radius 3 is 3.15 bits per heavy atom. The molecule has 3 nitrogen and oxygen atoms in total. The molecule has 0 bridgehead atoms. The minimum absolute atomic E-state index is 0.213. The summed E-state index contributed by atoms with van der Waals surface area (Å²) >= 11 is 0. The van der Waals surface area contributed by atoms with Gasteiger partial charge in [-0.15, -0.1) is 0 Å². The molecule has 5 rings (SSSR count). The molecule has 3 aliphatic carbocycles. The van der Waals surface area contributed by atoms with Gasteiger partial charge in [0.1, 0.15) is 6.10 Å². The maximum atomic E-state index is 11.4. The van der Waals surface area contributed by atoms with Crippen LogP contribution >= 0.6 is 0 Å². The number of aromatic nitrogens is 1. The second-order valence-corrected chi connectivity index (χ2v) is 7.14. The molecule has 1 unspecified atom stereocenters. The monoisotopic (exact) mass is 271 g/mol. The standard InChI is InChI=1S/C17H21NO2/c19-17-8-2-1-4-10(17)6-7-11-13(17)16-15(20-16)12-5-3-9-18-14(11)12/h3,5,9-11,13,15-16,19H,1-2,4,6-8H2/t10-,11+,13-,15+,16-,17?/m1/s1. The molecule has 1 N–H and O–H groups in total. The van der Waals surface area contributed by atoms with Gasteiger partial charge in [0.05, 0.1) is 11.7 Å². The lowest BCUT2D eigenvalue weighted by Crippen LogP contribution is -2.55. The van der Waals surface area contributed by atoms with Crippen LogP contribution in [0.2, 0.25) is 0 Å². The van der Waals surface area contributed by atoms with Gasteiger partial charge < -0.3 is 9.84 Å². The molecule has 2 saturated carbocycles. The van der Waals surface area contributed by atoms with E-state index in [0.29, 0.717) is 11.8 Å². The highest BCUT2D eigenvalue weighted by atomic mass is 16.6. The molecule has 1 aromatic heterocycles. The summed E-state index contributed by atoms with van der Waals surface area (Å²) in [6.07, 6.45) is 9.32. The van der Waals surface area contributed by atoms with Crippen LogP contribution in [0.1, 0.15) is 61.8 Å². The van der Waals surface area contributed by atoms with Gasteiger partial charge in [-0.2, -0.15) is 0 Å². The third kappa shape index (κ3) is 1.35. The summed E-state index contributed by atoms with van der Waals surface area (Å²) in [4.78, 5) is 4.66. The fourth-order valence-corrected chi connectivity index (χ4v) is 5.44. The van der Waals surface area contributed by atoms with E-state index in [-0.39, 0.29) is 18.1 Å². The molecule has 1 aliphatic heterocycles. The highest BCUT2D eigenvalue weighted by Gasteiger charge is 2.64. The fourth-order valence-electron chi connectivity index (χ4n) is 5.44. The number of fused-ring (bicyclic) bond motifs is 8. The predicted molar refractivity (Wildman–Crippen MR) is 74.2 cm³/mol. The third-order valence-electron chi connectivity index (χ3n) is 6.33. The van der Waals surface area contributed by atoms with E-state index in [1.165, 1.54) is 36.9 Å². The van der Waals surface area contributed by atoms with Gasteiger partial charge >= 0.3 is 0 Å². The molecule has 0 spiro atoms. The van der Waals surface area contributed by atoms with Crippen LogP contribution in [0.3, 0.4) is 0 Å². The first-order chi connectivity index (χ1) is 9.79. The Bertz CT molecular complexity index is 560. The van der Waals surface area contributed by atoms with E-state index in [0.717, 1.165) is 12.8 Å². The Balaban J connectivity index is 1.62. The summed E-state index contributed by atoms with van der Waals surface area (Å²) in [5.41, 5.74) is 2.01. The highest BCUT2D eigenvalue weighted by molar-refractivity contribution is 5.37. The van der Waals surface area contributed by atoms with Crippen LogP contribution in [0.25, 0.3) is 0 Å². The summed E-state index contributed by atoms with van der Waals surface area (Å²) in [7, 11) is 0. The predicted octanol–water partition coefficient (Wildman–Crippen LogP) is 2.95. The summed E-state index contributed by atoms with van der Waals surface area (Å²) in [6, 6.07) is 4.18. The Hall–Kier alpha value is -0.930. The van der Waals surface area contributed by atoms with E-state index in [4.69, 9.17) is 4.74 Å². The van der Waals surface area contributed by atoms with Gasteiger partial charge in [0.15, 0.2) is 0 Å². The molecular formula is C17H21NO2. The Kier molecular flexibility index (Phi) is 2.24. The first-order valence-electron chi connectivity index (χ1n) is 8.12. The summed E-state index contributed by atoms with van der Waals surface area (Å²) in [5, 5.41) is 11.4. The van der Waals surface area contributed by atoms with Crippen molar-refractivity contribution in [1.29, 1.82) is 0 Å². The summed E-state index contributed by atoms with van der Waals surface area (Å²) in [5.74, 6) is 1.19. The zero-order valence-corrected chi connectivity index (χ0v) is 11.7. The zero-order valence-electron chi connectivity index (χ0n) is 11.7. The molecular weight excluding hydrogens is 250 g/mol. The van der Waals surface area contributed by atoms with Gasteiger partial charge in [-0.1, -0.05) is 18.9 Å². The molecule has 4 aliphatic rings. The maximum absolute atomic E-state index is 11.4. The van der Waals surface area contributed by atoms with Crippen molar-refractivity contribution >= 4 is 0 Å². The van der Waals surface area contributed by atoms with Crippen molar-refractivity contribution in [2.45, 2.75) is 62.3 Å². The van der Waals surface area contributed by atoms with Gasteiger partial charge in [-0.3, -0.25) is 4.98 Å². The molecule has 0 radical (unpaired) electrons. The van der Waals surface area contributed by atoms with Crippen molar-refractivity contribution in [1.82, 2.24) is 4.98 Å². The highest BCUT2D eigenvalue weighted by Crippen LogP contribution is 2.63. The van der Waals surface area contributed by atoms with Crippen molar-refractivity contribution in [2.75, 3.05) is 0 Å². The molecule has 0 amide bonds. The average Bonchev–Trinajstić information content (AvgIpc) is 3.26. The molecule has 2 heterocycles. The number of aliphatic hydroxyl groups is 1. The maximum Gasteiger partial charge on any atom is 0.111 e. The SMILES string of the molecule is OC12CCCC[C@@H]1CC[C@@H]1c3ncccc3[C@@H]3O[C@@H]3[C@@H]12. The Morgan fingerprint density at radius 2 is 2.20 bits per heavy atom. The number of ether oxygens (including phenoxy) is 1. The lowest BCUT2D eigenvalue weighted by atomic mass is 9.55. The van der Waals surface area contributed by atoms with Crippen LogP contribution in [0.4, 0.5) is 0 Å². The Labute approximate surface area is 119 Å². The van der Waals surface area contributed by atoms with E-state index in [1.54, 1.807) is 0 Å². The molecule has 3 fully saturated rings. The van der Waals surface area contributed by atoms with Crippen LogP contribution in [0.5, 0.6) is 0 Å². The summed E-state index contributed by atoms with van der Waals surface area (Å²) < 4.78 is 5.99. The lowest BCUT2D eigenvalue weighted by Gasteiger charge is -2.52. The van der Waals surface area contributed by atoms with Gasteiger partial charge in [0.25, 0.3) is 0 Å². The van der Waals surface area contributed by atoms with Crippen molar-refractivity contribution in [3.63, 3.8) is 0 Å². The second kappa shape index (κ2) is 3.83. The van der Waals surface area contributed by atoms with Crippen LogP contribution < -0.4 is 0 Å². The lowest BCUT2D eigenvalue weighted by molar-refractivity contribution is -0.133. The van der Waals surface area contributed by atoms with E-state index in [9.17, 15) is 5.11 Å². The third-order valence-corrected chi connectivity index (χ3v) is 6.33. The topological polar surface area (TPSA) is 45.7 Å². The Morgan fingerprint density at radius 1 is 1.25 bits per heavy atom. The van der Waals surface area contributed by atoms with Crippen molar-refractivity contribution in [2.24, 2.45) is 11.8 Å². The van der Waals surface area contributed by atoms with E-state index in [2.05, 4.69) is 11.1 Å². The first kappa shape index (κ1) is 11.7. The largest absolute Gasteiger partial charge is 0.389 e. The van der Waals surface area contributed by atoms with Crippen LogP contribution in [0.15, 0.2) is 18.3 Å².